The van der Waals surface area contributed by atoms with Gasteiger partial charge in [0.1, 0.15) is 0 Å². The summed E-state index contributed by atoms with van der Waals surface area (Å²) in [6.07, 6.45) is 1.84. The van der Waals surface area contributed by atoms with Gasteiger partial charge in [0, 0.05) is 18.4 Å². The number of rotatable bonds is 3. The van der Waals surface area contributed by atoms with Crippen LogP contribution in [0, 0.1) is 5.41 Å². The summed E-state index contributed by atoms with van der Waals surface area (Å²) >= 11 is 0. The van der Waals surface area contributed by atoms with Crippen LogP contribution in [-0.4, -0.2) is 48.4 Å². The van der Waals surface area contributed by atoms with Gasteiger partial charge in [0.15, 0.2) is 11.2 Å². The summed E-state index contributed by atoms with van der Waals surface area (Å²) in [6.45, 7) is 3.02. The topological polar surface area (TPSA) is 133 Å². The predicted octanol–water partition coefficient (Wildman–Crippen LogP) is -0.228. The molecule has 0 spiro atoms. The van der Waals surface area contributed by atoms with E-state index in [1.807, 2.05) is 6.92 Å². The molecule has 23 heavy (non-hydrogen) atoms. The number of amides is 1. The van der Waals surface area contributed by atoms with Crippen LogP contribution in [0.1, 0.15) is 32.7 Å². The highest BCUT2D eigenvalue weighted by molar-refractivity contribution is 5.87. The highest BCUT2D eigenvalue weighted by atomic mass is 16.3. The number of aromatic nitrogens is 4. The van der Waals surface area contributed by atoms with E-state index in [-0.39, 0.29) is 30.0 Å². The van der Waals surface area contributed by atoms with Crippen LogP contribution in [-0.2, 0) is 4.79 Å². The van der Waals surface area contributed by atoms with Gasteiger partial charge in [-0.05, 0) is 12.8 Å². The maximum Gasteiger partial charge on any atom is 0.280 e. The number of hydrogen-bond acceptors (Lipinski definition) is 6. The van der Waals surface area contributed by atoms with E-state index in [0.717, 1.165) is 0 Å². The minimum Gasteiger partial charge on any atom is -0.396 e. The van der Waals surface area contributed by atoms with E-state index in [9.17, 15) is 19.8 Å². The molecule has 2 heterocycles. The van der Waals surface area contributed by atoms with Gasteiger partial charge in [0.25, 0.3) is 5.56 Å². The van der Waals surface area contributed by atoms with Crippen LogP contribution in [0.3, 0.4) is 0 Å². The number of carbonyl (C=O) groups is 1. The van der Waals surface area contributed by atoms with Crippen molar-refractivity contribution in [3.63, 3.8) is 0 Å². The fourth-order valence-corrected chi connectivity index (χ4v) is 3.10. The molecule has 1 fully saturated rings. The van der Waals surface area contributed by atoms with E-state index in [1.165, 1.54) is 13.3 Å². The van der Waals surface area contributed by atoms with Gasteiger partial charge in [-0.15, -0.1) is 0 Å². The molecule has 3 atom stereocenters. The van der Waals surface area contributed by atoms with Gasteiger partial charge in [0.2, 0.25) is 11.9 Å². The van der Waals surface area contributed by atoms with E-state index < -0.39 is 17.1 Å². The fraction of sp³-hybridized carbons (Fsp3) is 0.571. The highest BCUT2D eigenvalue weighted by Gasteiger charge is 2.43. The molecular weight excluding hydrogens is 302 g/mol. The average molecular weight is 321 g/mol. The molecule has 1 aliphatic carbocycles. The summed E-state index contributed by atoms with van der Waals surface area (Å²) in [7, 11) is 0. The Bertz CT molecular complexity index is 813. The third-order valence-corrected chi connectivity index (χ3v) is 4.48. The largest absolute Gasteiger partial charge is 0.396 e. The normalized spacial score (nSPS) is 27.5. The molecule has 1 aliphatic rings. The summed E-state index contributed by atoms with van der Waals surface area (Å²) in [5, 5.41) is 22.1. The number of fused-ring (bicyclic) bond motifs is 1. The molecule has 0 aliphatic heterocycles. The molecule has 0 aromatic carbocycles. The Kier molecular flexibility index (Phi) is 3.69. The van der Waals surface area contributed by atoms with Crippen LogP contribution in [0.4, 0.5) is 5.95 Å². The second-order valence-corrected chi connectivity index (χ2v) is 6.34. The Hall–Kier alpha value is -2.26. The number of carbonyl (C=O) groups excluding carboxylic acids is 1. The molecule has 2 aromatic heterocycles. The molecule has 2 aromatic rings. The Morgan fingerprint density at radius 2 is 2.35 bits per heavy atom. The minimum atomic E-state index is -0.647. The number of hydrogen-bond donors (Lipinski definition) is 4. The maximum atomic E-state index is 12.0. The first-order chi connectivity index (χ1) is 10.8. The van der Waals surface area contributed by atoms with E-state index in [4.69, 9.17) is 0 Å². The predicted molar refractivity (Wildman–Crippen MR) is 81.9 cm³/mol. The van der Waals surface area contributed by atoms with Crippen molar-refractivity contribution in [1.82, 2.24) is 19.5 Å². The van der Waals surface area contributed by atoms with Crippen LogP contribution >= 0.6 is 0 Å². The Morgan fingerprint density at radius 3 is 2.96 bits per heavy atom. The van der Waals surface area contributed by atoms with Crippen LogP contribution in [0.25, 0.3) is 11.2 Å². The molecule has 0 bridgehead atoms. The molecule has 1 saturated carbocycles. The molecule has 4 N–H and O–H groups in total. The molecule has 0 unspecified atom stereocenters. The van der Waals surface area contributed by atoms with E-state index in [2.05, 4.69) is 20.3 Å². The fourth-order valence-electron chi connectivity index (χ4n) is 3.10. The second-order valence-electron chi connectivity index (χ2n) is 6.34. The summed E-state index contributed by atoms with van der Waals surface area (Å²) in [6, 6.07) is -0.133. The molecule has 9 nitrogen and oxygen atoms in total. The Morgan fingerprint density at radius 1 is 1.61 bits per heavy atom. The van der Waals surface area contributed by atoms with Gasteiger partial charge in [0.05, 0.1) is 19.0 Å². The average Bonchev–Trinajstić information content (AvgIpc) is 3.01. The minimum absolute atomic E-state index is 0.0558. The van der Waals surface area contributed by atoms with Crippen molar-refractivity contribution in [3.05, 3.63) is 16.7 Å². The van der Waals surface area contributed by atoms with E-state index >= 15 is 0 Å². The molecule has 1 amide bonds. The highest BCUT2D eigenvalue weighted by Crippen LogP contribution is 2.44. The van der Waals surface area contributed by atoms with Crippen LogP contribution in [0.15, 0.2) is 11.1 Å². The number of aromatic amines is 1. The second kappa shape index (κ2) is 5.43. The molecular formula is C14H19N5O4. The number of anilines is 1. The zero-order chi connectivity index (χ0) is 16.8. The molecule has 0 radical (unpaired) electrons. The first-order valence-electron chi connectivity index (χ1n) is 7.37. The first kappa shape index (κ1) is 15.6. The van der Waals surface area contributed by atoms with Crippen LogP contribution < -0.4 is 10.9 Å². The van der Waals surface area contributed by atoms with Gasteiger partial charge >= 0.3 is 0 Å². The lowest BCUT2D eigenvalue weighted by Crippen LogP contribution is -2.30. The van der Waals surface area contributed by atoms with Crippen molar-refractivity contribution in [3.8, 4) is 0 Å². The number of nitrogens with one attached hydrogen (secondary N) is 2. The summed E-state index contributed by atoms with van der Waals surface area (Å²) in [5.74, 6) is -0.289. The monoisotopic (exact) mass is 321 g/mol. The maximum absolute atomic E-state index is 12.0. The SMILES string of the molecule is CC(=O)Nc1nc2c(ncn2[C@H]2C[C@H](O)[C@@](C)(CO)C2)c(=O)[nH]1. The van der Waals surface area contributed by atoms with Crippen molar-refractivity contribution >= 4 is 23.0 Å². The van der Waals surface area contributed by atoms with Gasteiger partial charge < -0.3 is 14.8 Å². The molecule has 124 valence electrons. The lowest BCUT2D eigenvalue weighted by Gasteiger charge is -2.24. The first-order valence-corrected chi connectivity index (χ1v) is 7.37. The van der Waals surface area contributed by atoms with E-state index in [0.29, 0.717) is 18.5 Å². The number of imidazole rings is 1. The lowest BCUT2D eigenvalue weighted by molar-refractivity contribution is -0.114. The number of aliphatic hydroxyl groups is 2. The summed E-state index contributed by atoms with van der Waals surface area (Å²) in [5.41, 5.74) is -0.521. The standard InChI is InChI=1S/C14H19N5O4/c1-7(21)16-13-17-11-10(12(23)18-13)15-6-19(11)8-3-9(22)14(2,4-8)5-20/h6,8-9,20,22H,3-5H2,1-2H3,(H2,16,17,18,21,23)/t8-,9-,14+/m0/s1. The van der Waals surface area contributed by atoms with Gasteiger partial charge in [-0.25, -0.2) is 4.98 Å². The van der Waals surface area contributed by atoms with Gasteiger partial charge in [-0.1, -0.05) is 6.92 Å². The molecule has 3 rings (SSSR count). The molecule has 9 heteroatoms. The smallest absolute Gasteiger partial charge is 0.280 e. The molecule has 0 saturated heterocycles. The van der Waals surface area contributed by atoms with Crippen molar-refractivity contribution < 1.29 is 15.0 Å². The number of nitrogens with zero attached hydrogens (tertiary/aromatic N) is 3. The number of H-pyrrole nitrogens is 1. The summed E-state index contributed by atoms with van der Waals surface area (Å²) in [4.78, 5) is 34.0. The van der Waals surface area contributed by atoms with Crippen LogP contribution in [0.5, 0.6) is 0 Å². The quantitative estimate of drug-likeness (QED) is 0.617. The van der Waals surface area contributed by atoms with Crippen LogP contribution in [0.2, 0.25) is 0 Å². The van der Waals surface area contributed by atoms with Crippen molar-refractivity contribution in [2.75, 3.05) is 11.9 Å². The Labute approximate surface area is 131 Å². The third-order valence-electron chi connectivity index (χ3n) is 4.48. The van der Waals surface area contributed by atoms with E-state index in [1.54, 1.807) is 4.57 Å². The lowest BCUT2D eigenvalue weighted by atomic mass is 9.87. The van der Waals surface area contributed by atoms with Gasteiger partial charge in [-0.2, -0.15) is 4.98 Å². The third kappa shape index (κ3) is 2.62. The zero-order valence-corrected chi connectivity index (χ0v) is 12.9. The number of aliphatic hydroxyl groups excluding tert-OH is 2. The van der Waals surface area contributed by atoms with Gasteiger partial charge in [-0.3, -0.25) is 19.9 Å². The van der Waals surface area contributed by atoms with Crippen molar-refractivity contribution in [2.24, 2.45) is 5.41 Å². The van der Waals surface area contributed by atoms with Crippen molar-refractivity contribution in [1.29, 1.82) is 0 Å². The zero-order valence-electron chi connectivity index (χ0n) is 12.9. The van der Waals surface area contributed by atoms with Crippen molar-refractivity contribution in [2.45, 2.75) is 38.8 Å². The summed E-state index contributed by atoms with van der Waals surface area (Å²) < 4.78 is 1.72. The Balaban J connectivity index is 2.04.